The van der Waals surface area contributed by atoms with Crippen molar-refractivity contribution in [2.45, 2.75) is 17.7 Å². The lowest BCUT2D eigenvalue weighted by Crippen LogP contribution is -2.23. The van der Waals surface area contributed by atoms with Crippen LogP contribution in [0.4, 0.5) is 11.4 Å². The lowest BCUT2D eigenvalue weighted by Gasteiger charge is -2.16. The molecule has 1 aliphatic rings. The second-order valence-electron chi connectivity index (χ2n) is 5.72. The molecule has 0 aromatic heterocycles. The number of ether oxygens (including phenoxy) is 1. The van der Waals surface area contributed by atoms with Crippen LogP contribution in [-0.2, 0) is 9.59 Å². The van der Waals surface area contributed by atoms with E-state index in [1.807, 2.05) is 48.5 Å². The maximum atomic E-state index is 12.2. The maximum absolute atomic E-state index is 12.2. The summed E-state index contributed by atoms with van der Waals surface area (Å²) in [7, 11) is 1.62. The van der Waals surface area contributed by atoms with Crippen LogP contribution in [0, 0.1) is 0 Å². The fourth-order valence-corrected chi connectivity index (χ4v) is 3.45. The zero-order chi connectivity index (χ0) is 17.6. The van der Waals surface area contributed by atoms with Gasteiger partial charge in [0.2, 0.25) is 11.8 Å². The molecule has 1 N–H and O–H groups in total. The topological polar surface area (TPSA) is 58.6 Å². The highest BCUT2D eigenvalue weighted by Crippen LogP contribution is 2.25. The van der Waals surface area contributed by atoms with E-state index in [0.717, 1.165) is 29.3 Å². The summed E-state index contributed by atoms with van der Waals surface area (Å²) in [5.41, 5.74) is 1.54. The second-order valence-corrected chi connectivity index (χ2v) is 6.76. The minimum atomic E-state index is -0.0854. The molecule has 0 aliphatic carbocycles. The van der Waals surface area contributed by atoms with E-state index in [0.29, 0.717) is 17.9 Å². The number of nitrogens with zero attached hydrogens (tertiary/aromatic N) is 1. The fraction of sp³-hybridized carbons (Fsp3) is 0.263. The number of carbonyl (C=O) groups is 2. The van der Waals surface area contributed by atoms with Gasteiger partial charge in [0, 0.05) is 29.2 Å². The molecule has 2 aromatic carbocycles. The largest absolute Gasteiger partial charge is 0.497 e. The van der Waals surface area contributed by atoms with E-state index in [-0.39, 0.29) is 11.8 Å². The average Bonchev–Trinajstić information content (AvgIpc) is 3.06. The van der Waals surface area contributed by atoms with Crippen molar-refractivity contribution in [3.8, 4) is 5.75 Å². The van der Waals surface area contributed by atoms with Crippen molar-refractivity contribution in [2.24, 2.45) is 0 Å². The van der Waals surface area contributed by atoms with E-state index in [9.17, 15) is 9.59 Å². The van der Waals surface area contributed by atoms with Gasteiger partial charge in [-0.05, 0) is 42.8 Å². The molecule has 0 bridgehead atoms. The molecule has 1 aliphatic heterocycles. The van der Waals surface area contributed by atoms with Crippen LogP contribution in [0.1, 0.15) is 12.8 Å². The zero-order valence-electron chi connectivity index (χ0n) is 14.0. The van der Waals surface area contributed by atoms with Gasteiger partial charge in [-0.3, -0.25) is 9.59 Å². The van der Waals surface area contributed by atoms with Crippen LogP contribution in [0.15, 0.2) is 53.4 Å². The van der Waals surface area contributed by atoms with Gasteiger partial charge < -0.3 is 15.0 Å². The van der Waals surface area contributed by atoms with Crippen molar-refractivity contribution in [3.63, 3.8) is 0 Å². The second kappa shape index (κ2) is 8.07. The molecule has 25 heavy (non-hydrogen) atoms. The smallest absolute Gasteiger partial charge is 0.234 e. The number of nitrogens with one attached hydrogen (secondary N) is 1. The first-order valence-electron chi connectivity index (χ1n) is 8.13. The average molecular weight is 356 g/mol. The molecule has 1 heterocycles. The van der Waals surface area contributed by atoms with Crippen LogP contribution in [0.5, 0.6) is 5.75 Å². The lowest BCUT2D eigenvalue weighted by molar-refractivity contribution is -0.117. The lowest BCUT2D eigenvalue weighted by atomic mass is 10.2. The van der Waals surface area contributed by atoms with E-state index in [2.05, 4.69) is 5.32 Å². The molecule has 3 rings (SSSR count). The monoisotopic (exact) mass is 356 g/mol. The van der Waals surface area contributed by atoms with Crippen molar-refractivity contribution in [3.05, 3.63) is 48.5 Å². The molecule has 0 radical (unpaired) electrons. The Labute approximate surface area is 151 Å². The van der Waals surface area contributed by atoms with E-state index >= 15 is 0 Å². The minimum absolute atomic E-state index is 0.0854. The molecule has 0 unspecified atom stereocenters. The van der Waals surface area contributed by atoms with E-state index in [1.165, 1.54) is 11.8 Å². The molecular formula is C19H20N2O3S. The van der Waals surface area contributed by atoms with Crippen molar-refractivity contribution < 1.29 is 14.3 Å². The number of carbonyl (C=O) groups excluding carboxylic acids is 2. The number of anilines is 2. The molecule has 0 atom stereocenters. The first-order valence-corrected chi connectivity index (χ1v) is 9.11. The molecule has 1 saturated heterocycles. The van der Waals surface area contributed by atoms with Crippen LogP contribution in [0.25, 0.3) is 0 Å². The van der Waals surface area contributed by atoms with Gasteiger partial charge in [-0.1, -0.05) is 12.1 Å². The Morgan fingerprint density at radius 1 is 1.24 bits per heavy atom. The number of hydrogen-bond acceptors (Lipinski definition) is 4. The third-order valence-electron chi connectivity index (χ3n) is 3.93. The zero-order valence-corrected chi connectivity index (χ0v) is 14.8. The number of methoxy groups -OCH3 is 1. The predicted octanol–water partition coefficient (Wildman–Crippen LogP) is 3.55. The SMILES string of the molecule is COc1cccc(SCC(=O)Nc2cccc(N3CCCC3=O)c2)c1. The number of rotatable bonds is 6. The number of amides is 2. The van der Waals surface area contributed by atoms with Crippen molar-refractivity contribution in [2.75, 3.05) is 29.6 Å². The first-order chi connectivity index (χ1) is 12.2. The van der Waals surface area contributed by atoms with Crippen LogP contribution >= 0.6 is 11.8 Å². The summed E-state index contributed by atoms with van der Waals surface area (Å²) in [5.74, 6) is 1.13. The summed E-state index contributed by atoms with van der Waals surface area (Å²) < 4.78 is 5.18. The summed E-state index contributed by atoms with van der Waals surface area (Å²) in [6.07, 6.45) is 1.47. The molecular weight excluding hydrogens is 336 g/mol. The molecule has 130 valence electrons. The summed E-state index contributed by atoms with van der Waals surface area (Å²) in [6.45, 7) is 0.738. The third-order valence-corrected chi connectivity index (χ3v) is 4.92. The summed E-state index contributed by atoms with van der Waals surface area (Å²) >= 11 is 1.45. The summed E-state index contributed by atoms with van der Waals surface area (Å²) in [6, 6.07) is 15.0. The van der Waals surface area contributed by atoms with E-state index < -0.39 is 0 Å². The van der Waals surface area contributed by atoms with Crippen LogP contribution < -0.4 is 15.0 Å². The summed E-state index contributed by atoms with van der Waals surface area (Å²) in [4.78, 5) is 26.8. The Morgan fingerprint density at radius 3 is 2.84 bits per heavy atom. The molecule has 2 aromatic rings. The highest BCUT2D eigenvalue weighted by Gasteiger charge is 2.21. The molecule has 6 heteroatoms. The maximum Gasteiger partial charge on any atom is 0.234 e. The van der Waals surface area contributed by atoms with E-state index in [4.69, 9.17) is 4.74 Å². The predicted molar refractivity (Wildman–Crippen MR) is 100 cm³/mol. The van der Waals surface area contributed by atoms with Gasteiger partial charge in [-0.15, -0.1) is 11.8 Å². The highest BCUT2D eigenvalue weighted by atomic mass is 32.2. The van der Waals surface area contributed by atoms with Gasteiger partial charge >= 0.3 is 0 Å². The standard InChI is InChI=1S/C19H20N2O3S/c1-24-16-7-3-8-17(12-16)25-13-18(22)20-14-5-2-6-15(11-14)21-10-4-9-19(21)23/h2-3,5-8,11-12H,4,9-10,13H2,1H3,(H,20,22). The summed E-state index contributed by atoms with van der Waals surface area (Å²) in [5, 5.41) is 2.89. The van der Waals surface area contributed by atoms with Crippen molar-refractivity contribution >= 4 is 35.0 Å². The third kappa shape index (κ3) is 4.54. The molecule has 2 amide bonds. The van der Waals surface area contributed by atoms with Gasteiger partial charge in [-0.2, -0.15) is 0 Å². The van der Waals surface area contributed by atoms with Gasteiger partial charge in [0.05, 0.1) is 12.9 Å². The van der Waals surface area contributed by atoms with Gasteiger partial charge in [-0.25, -0.2) is 0 Å². The Balaban J connectivity index is 1.58. The number of hydrogen-bond donors (Lipinski definition) is 1. The van der Waals surface area contributed by atoms with Crippen LogP contribution in [0.3, 0.4) is 0 Å². The van der Waals surface area contributed by atoms with Gasteiger partial charge in [0.15, 0.2) is 0 Å². The van der Waals surface area contributed by atoms with E-state index in [1.54, 1.807) is 12.0 Å². The fourth-order valence-electron chi connectivity index (χ4n) is 2.71. The van der Waals surface area contributed by atoms with Crippen molar-refractivity contribution in [1.29, 1.82) is 0 Å². The Hall–Kier alpha value is -2.47. The Kier molecular flexibility index (Phi) is 5.60. The first kappa shape index (κ1) is 17.4. The number of benzene rings is 2. The molecule has 5 nitrogen and oxygen atoms in total. The number of thioether (sulfide) groups is 1. The van der Waals surface area contributed by atoms with Crippen molar-refractivity contribution in [1.82, 2.24) is 0 Å². The van der Waals surface area contributed by atoms with Gasteiger partial charge in [0.1, 0.15) is 5.75 Å². The minimum Gasteiger partial charge on any atom is -0.497 e. The quantitative estimate of drug-likeness (QED) is 0.804. The highest BCUT2D eigenvalue weighted by molar-refractivity contribution is 8.00. The molecule has 1 fully saturated rings. The Morgan fingerprint density at radius 2 is 2.08 bits per heavy atom. The van der Waals surface area contributed by atoms with Crippen LogP contribution in [0.2, 0.25) is 0 Å². The normalized spacial score (nSPS) is 13.8. The van der Waals surface area contributed by atoms with Crippen LogP contribution in [-0.4, -0.2) is 31.2 Å². The van der Waals surface area contributed by atoms with Gasteiger partial charge in [0.25, 0.3) is 0 Å². The molecule has 0 spiro atoms. The Bertz CT molecular complexity index is 779. The molecule has 0 saturated carbocycles.